The molecule has 1 fully saturated rings. The number of nitrogens with zero attached hydrogens (tertiary/aromatic N) is 1. The van der Waals surface area contributed by atoms with E-state index in [1.807, 2.05) is 24.3 Å². The summed E-state index contributed by atoms with van der Waals surface area (Å²) in [5.74, 6) is -0.358. The van der Waals surface area contributed by atoms with Gasteiger partial charge in [-0.25, -0.2) is 4.79 Å². The van der Waals surface area contributed by atoms with Gasteiger partial charge in [-0.15, -0.1) is 11.3 Å². The third kappa shape index (κ3) is 4.71. The van der Waals surface area contributed by atoms with Crippen molar-refractivity contribution in [1.82, 2.24) is 4.90 Å². The highest BCUT2D eigenvalue weighted by molar-refractivity contribution is 7.17. The predicted octanol–water partition coefficient (Wildman–Crippen LogP) is 4.92. The molecule has 0 spiro atoms. The van der Waals surface area contributed by atoms with Crippen molar-refractivity contribution in [2.24, 2.45) is 5.92 Å². The lowest BCUT2D eigenvalue weighted by molar-refractivity contribution is -0.121. The number of benzene rings is 1. The molecule has 1 aliphatic heterocycles. The molecule has 7 heteroatoms. The minimum atomic E-state index is -0.345. The van der Waals surface area contributed by atoms with Crippen LogP contribution in [0.15, 0.2) is 24.3 Å². The summed E-state index contributed by atoms with van der Waals surface area (Å²) in [4.78, 5) is 28.9. The number of hydrogen-bond donors (Lipinski definition) is 1. The molecule has 2 aromatic rings. The summed E-state index contributed by atoms with van der Waals surface area (Å²) >= 11 is 7.51. The van der Waals surface area contributed by atoms with Crippen LogP contribution in [0.25, 0.3) is 0 Å². The van der Waals surface area contributed by atoms with Crippen molar-refractivity contribution in [3.63, 3.8) is 0 Å². The molecule has 1 amide bonds. The number of nitrogens with one attached hydrogen (secondary N) is 1. The van der Waals surface area contributed by atoms with Gasteiger partial charge in [0.15, 0.2) is 0 Å². The minimum Gasteiger partial charge on any atom is -0.465 e. The van der Waals surface area contributed by atoms with Gasteiger partial charge < -0.3 is 10.1 Å². The first kappa shape index (κ1) is 21.3. The fraction of sp³-hybridized carbons (Fsp3) is 0.478. The monoisotopic (exact) mass is 446 g/mol. The number of esters is 1. The number of halogens is 1. The Hall–Kier alpha value is -1.89. The van der Waals surface area contributed by atoms with Gasteiger partial charge in [0.25, 0.3) is 0 Å². The number of anilines is 1. The molecule has 0 saturated carbocycles. The first-order valence-corrected chi connectivity index (χ1v) is 11.7. The Morgan fingerprint density at radius 2 is 1.87 bits per heavy atom. The van der Waals surface area contributed by atoms with Crippen molar-refractivity contribution in [2.75, 3.05) is 25.5 Å². The number of piperidine rings is 1. The van der Waals surface area contributed by atoms with Crippen LogP contribution in [0, 0.1) is 5.92 Å². The topological polar surface area (TPSA) is 58.6 Å². The van der Waals surface area contributed by atoms with Crippen LogP contribution in [0.5, 0.6) is 0 Å². The summed E-state index contributed by atoms with van der Waals surface area (Å²) in [6.07, 6.45) is 5.70. The van der Waals surface area contributed by atoms with E-state index in [0.717, 1.165) is 68.7 Å². The molecule has 5 nitrogen and oxygen atoms in total. The number of thiophene rings is 1. The molecule has 0 bridgehead atoms. The van der Waals surface area contributed by atoms with E-state index in [9.17, 15) is 9.59 Å². The summed E-state index contributed by atoms with van der Waals surface area (Å²) in [5, 5.41) is 4.48. The maximum absolute atomic E-state index is 13.0. The van der Waals surface area contributed by atoms with E-state index >= 15 is 0 Å². The smallest absolute Gasteiger partial charge is 0.341 e. The average Bonchev–Trinajstić information content (AvgIpc) is 3.13. The average molecular weight is 447 g/mol. The first-order valence-electron chi connectivity index (χ1n) is 10.6. The van der Waals surface area contributed by atoms with Crippen LogP contribution in [0.2, 0.25) is 5.02 Å². The molecule has 0 atom stereocenters. The standard InChI is InChI=1S/C23H27ClN2O3S/c1-29-23(28)20-18-4-2-3-5-19(18)30-22(20)25-21(27)16-10-12-26(13-11-16)14-15-6-8-17(24)9-7-15/h6-9,16H,2-5,10-14H2,1H3,(H,25,27). The molecule has 0 unspecified atom stereocenters. The van der Waals surface area contributed by atoms with E-state index in [0.29, 0.717) is 10.6 Å². The number of rotatable bonds is 5. The van der Waals surface area contributed by atoms with Gasteiger partial charge in [-0.3, -0.25) is 9.69 Å². The Morgan fingerprint density at radius 1 is 1.17 bits per heavy atom. The molecule has 2 heterocycles. The highest BCUT2D eigenvalue weighted by Crippen LogP contribution is 2.39. The third-order valence-corrected chi connectivity index (χ3v) is 7.53. The fourth-order valence-corrected chi connectivity index (χ4v) is 5.79. The van der Waals surface area contributed by atoms with Gasteiger partial charge in [-0.2, -0.15) is 0 Å². The largest absolute Gasteiger partial charge is 0.465 e. The number of fused-ring (bicyclic) bond motifs is 1. The van der Waals surface area contributed by atoms with Crippen LogP contribution in [-0.2, 0) is 28.9 Å². The Kier molecular flexibility index (Phi) is 6.76. The first-order chi connectivity index (χ1) is 14.5. The van der Waals surface area contributed by atoms with Gasteiger partial charge in [-0.05, 0) is 74.9 Å². The van der Waals surface area contributed by atoms with Crippen molar-refractivity contribution in [2.45, 2.75) is 45.1 Å². The molecule has 30 heavy (non-hydrogen) atoms. The van der Waals surface area contributed by atoms with E-state index in [1.54, 1.807) is 11.3 Å². The maximum atomic E-state index is 13.0. The number of carbonyl (C=O) groups is 2. The second kappa shape index (κ2) is 9.50. The number of methoxy groups -OCH3 is 1. The molecular weight excluding hydrogens is 420 g/mol. The van der Waals surface area contributed by atoms with Gasteiger partial charge in [0, 0.05) is 22.4 Å². The van der Waals surface area contributed by atoms with E-state index in [1.165, 1.54) is 17.6 Å². The molecular formula is C23H27ClN2O3S. The zero-order valence-electron chi connectivity index (χ0n) is 17.2. The van der Waals surface area contributed by atoms with Crippen molar-refractivity contribution in [1.29, 1.82) is 0 Å². The number of aryl methyl sites for hydroxylation is 1. The molecule has 1 saturated heterocycles. The predicted molar refractivity (Wildman–Crippen MR) is 120 cm³/mol. The molecule has 1 aromatic heterocycles. The normalized spacial score (nSPS) is 17.4. The quantitative estimate of drug-likeness (QED) is 0.662. The SMILES string of the molecule is COC(=O)c1c(NC(=O)C2CCN(Cc3ccc(Cl)cc3)CC2)sc2c1CCCC2. The van der Waals surface area contributed by atoms with E-state index < -0.39 is 0 Å². The highest BCUT2D eigenvalue weighted by Gasteiger charge is 2.30. The summed E-state index contributed by atoms with van der Waals surface area (Å²) in [7, 11) is 1.40. The van der Waals surface area contributed by atoms with Gasteiger partial charge in [0.05, 0.1) is 12.7 Å². The van der Waals surface area contributed by atoms with Crippen LogP contribution >= 0.6 is 22.9 Å². The van der Waals surface area contributed by atoms with E-state index in [4.69, 9.17) is 16.3 Å². The van der Waals surface area contributed by atoms with Crippen LogP contribution in [0.4, 0.5) is 5.00 Å². The number of amides is 1. The Balaban J connectivity index is 1.38. The molecule has 160 valence electrons. The second-order valence-electron chi connectivity index (χ2n) is 8.07. The lowest BCUT2D eigenvalue weighted by atomic mass is 9.94. The van der Waals surface area contributed by atoms with Crippen molar-refractivity contribution >= 4 is 39.8 Å². The molecule has 1 aromatic carbocycles. The zero-order chi connectivity index (χ0) is 21.1. The van der Waals surface area contributed by atoms with Crippen LogP contribution in [0.1, 0.15) is 52.0 Å². The van der Waals surface area contributed by atoms with Crippen molar-refractivity contribution < 1.29 is 14.3 Å². The van der Waals surface area contributed by atoms with Gasteiger partial charge in [0.2, 0.25) is 5.91 Å². The number of likely N-dealkylation sites (tertiary alicyclic amines) is 1. The molecule has 0 radical (unpaired) electrons. The van der Waals surface area contributed by atoms with Gasteiger partial charge in [0.1, 0.15) is 5.00 Å². The van der Waals surface area contributed by atoms with E-state index in [-0.39, 0.29) is 17.8 Å². The summed E-state index contributed by atoms with van der Waals surface area (Å²) in [6.45, 7) is 2.63. The van der Waals surface area contributed by atoms with Gasteiger partial charge >= 0.3 is 5.97 Å². The van der Waals surface area contributed by atoms with E-state index in [2.05, 4.69) is 10.2 Å². The molecule has 1 aliphatic carbocycles. The Bertz CT molecular complexity index is 917. The second-order valence-corrected chi connectivity index (χ2v) is 9.61. The van der Waals surface area contributed by atoms with Crippen LogP contribution in [0.3, 0.4) is 0 Å². The fourth-order valence-electron chi connectivity index (χ4n) is 4.39. The van der Waals surface area contributed by atoms with Crippen molar-refractivity contribution in [3.8, 4) is 0 Å². The summed E-state index contributed by atoms with van der Waals surface area (Å²) < 4.78 is 5.01. The molecule has 4 rings (SSSR count). The molecule has 2 aliphatic rings. The Labute approximate surface area is 186 Å². The van der Waals surface area contributed by atoms with Crippen LogP contribution in [-0.4, -0.2) is 37.0 Å². The number of hydrogen-bond acceptors (Lipinski definition) is 5. The third-order valence-electron chi connectivity index (χ3n) is 6.08. The maximum Gasteiger partial charge on any atom is 0.341 e. The summed E-state index contributed by atoms with van der Waals surface area (Å²) in [6, 6.07) is 7.93. The lowest BCUT2D eigenvalue weighted by Gasteiger charge is -2.31. The Morgan fingerprint density at radius 3 is 2.57 bits per heavy atom. The zero-order valence-corrected chi connectivity index (χ0v) is 18.8. The minimum absolute atomic E-state index is 0.0184. The van der Waals surface area contributed by atoms with Crippen LogP contribution < -0.4 is 5.32 Å². The number of carbonyl (C=O) groups excluding carboxylic acids is 2. The lowest BCUT2D eigenvalue weighted by Crippen LogP contribution is -2.37. The van der Waals surface area contributed by atoms with Crippen molar-refractivity contribution in [3.05, 3.63) is 50.9 Å². The number of ether oxygens (including phenoxy) is 1. The highest BCUT2D eigenvalue weighted by atomic mass is 35.5. The van der Waals surface area contributed by atoms with Gasteiger partial charge in [-0.1, -0.05) is 23.7 Å². The summed E-state index contributed by atoms with van der Waals surface area (Å²) in [5.41, 5.74) is 2.88. The molecule has 1 N–H and O–H groups in total.